The van der Waals surface area contributed by atoms with Crippen LogP contribution in [0.5, 0.6) is 0 Å². The fraction of sp³-hybridized carbons (Fsp3) is 0.182. The van der Waals surface area contributed by atoms with E-state index in [1.807, 2.05) is 0 Å². The SMILES string of the molecule is Cn1ncnc1CS(=O)c1cccc(C(=O)O)c1. The fourth-order valence-corrected chi connectivity index (χ4v) is 2.57. The molecular weight excluding hydrogens is 254 g/mol. The minimum Gasteiger partial charge on any atom is -0.478 e. The number of hydrogen-bond acceptors (Lipinski definition) is 4. The molecule has 2 rings (SSSR count). The molecule has 0 bridgehead atoms. The molecule has 6 nitrogen and oxygen atoms in total. The average Bonchev–Trinajstić information content (AvgIpc) is 2.75. The van der Waals surface area contributed by atoms with E-state index in [0.29, 0.717) is 10.7 Å². The molecule has 1 aromatic carbocycles. The highest BCUT2D eigenvalue weighted by atomic mass is 32.2. The molecule has 0 saturated carbocycles. The minimum atomic E-state index is -1.34. The zero-order valence-electron chi connectivity index (χ0n) is 9.61. The highest BCUT2D eigenvalue weighted by Crippen LogP contribution is 2.13. The van der Waals surface area contributed by atoms with Crippen molar-refractivity contribution < 1.29 is 14.1 Å². The zero-order valence-corrected chi connectivity index (χ0v) is 10.4. The second-order valence-electron chi connectivity index (χ2n) is 3.62. The predicted octanol–water partition coefficient (Wildman–Crippen LogP) is 0.821. The van der Waals surface area contributed by atoms with Crippen LogP contribution >= 0.6 is 0 Å². The Morgan fingerprint density at radius 1 is 1.50 bits per heavy atom. The lowest BCUT2D eigenvalue weighted by atomic mass is 10.2. The molecule has 0 aliphatic heterocycles. The molecule has 0 fully saturated rings. The van der Waals surface area contributed by atoms with E-state index in [-0.39, 0.29) is 11.3 Å². The molecule has 0 aliphatic carbocycles. The van der Waals surface area contributed by atoms with Crippen LogP contribution in [0.2, 0.25) is 0 Å². The van der Waals surface area contributed by atoms with Crippen LogP contribution in [0.4, 0.5) is 0 Å². The first-order valence-electron chi connectivity index (χ1n) is 5.12. The van der Waals surface area contributed by atoms with Gasteiger partial charge in [0.1, 0.15) is 12.2 Å². The number of benzene rings is 1. The largest absolute Gasteiger partial charge is 0.478 e. The first-order chi connectivity index (χ1) is 8.58. The molecule has 0 spiro atoms. The van der Waals surface area contributed by atoms with Crippen LogP contribution in [-0.4, -0.2) is 30.0 Å². The Bertz CT molecular complexity index is 609. The van der Waals surface area contributed by atoms with Crippen molar-refractivity contribution >= 4 is 16.8 Å². The number of hydrogen-bond donors (Lipinski definition) is 1. The summed E-state index contributed by atoms with van der Waals surface area (Å²) >= 11 is 0. The van der Waals surface area contributed by atoms with E-state index in [1.165, 1.54) is 18.5 Å². The Morgan fingerprint density at radius 2 is 2.28 bits per heavy atom. The van der Waals surface area contributed by atoms with E-state index >= 15 is 0 Å². The van der Waals surface area contributed by atoms with E-state index in [1.54, 1.807) is 23.9 Å². The number of carboxylic acids is 1. The summed E-state index contributed by atoms with van der Waals surface area (Å²) in [5, 5.41) is 12.8. The fourth-order valence-electron chi connectivity index (χ4n) is 1.42. The van der Waals surface area contributed by atoms with Crippen LogP contribution in [0.15, 0.2) is 35.5 Å². The zero-order chi connectivity index (χ0) is 13.1. The molecular formula is C11H11N3O3S. The van der Waals surface area contributed by atoms with E-state index in [9.17, 15) is 9.00 Å². The van der Waals surface area contributed by atoms with Gasteiger partial charge >= 0.3 is 5.97 Å². The average molecular weight is 265 g/mol. The molecule has 1 aromatic heterocycles. The first-order valence-corrected chi connectivity index (χ1v) is 6.44. The molecule has 1 unspecified atom stereocenters. The highest BCUT2D eigenvalue weighted by molar-refractivity contribution is 7.84. The van der Waals surface area contributed by atoms with E-state index < -0.39 is 16.8 Å². The van der Waals surface area contributed by atoms with Gasteiger partial charge < -0.3 is 5.11 Å². The number of carboxylic acid groups (broad SMARTS) is 1. The monoisotopic (exact) mass is 265 g/mol. The third-order valence-electron chi connectivity index (χ3n) is 2.41. The molecule has 1 N–H and O–H groups in total. The topological polar surface area (TPSA) is 85.1 Å². The summed E-state index contributed by atoms with van der Waals surface area (Å²) in [6.45, 7) is 0. The van der Waals surface area contributed by atoms with Crippen molar-refractivity contribution in [3.8, 4) is 0 Å². The van der Waals surface area contributed by atoms with Gasteiger partial charge in [-0.2, -0.15) is 5.10 Å². The Kier molecular flexibility index (Phi) is 3.52. The summed E-state index contributed by atoms with van der Waals surface area (Å²) in [6.07, 6.45) is 1.39. The summed E-state index contributed by atoms with van der Waals surface area (Å²) in [5.41, 5.74) is 0.124. The van der Waals surface area contributed by atoms with E-state index in [2.05, 4.69) is 10.1 Å². The molecule has 1 heterocycles. The van der Waals surface area contributed by atoms with Gasteiger partial charge in [0.05, 0.1) is 22.1 Å². The Morgan fingerprint density at radius 3 is 2.89 bits per heavy atom. The van der Waals surface area contributed by atoms with Crippen LogP contribution in [0, 0.1) is 0 Å². The van der Waals surface area contributed by atoms with Crippen molar-refractivity contribution in [1.82, 2.24) is 14.8 Å². The lowest BCUT2D eigenvalue weighted by molar-refractivity contribution is 0.0696. The highest BCUT2D eigenvalue weighted by Gasteiger charge is 2.11. The van der Waals surface area contributed by atoms with Gasteiger partial charge in [-0.15, -0.1) is 0 Å². The molecule has 0 amide bonds. The summed E-state index contributed by atoms with van der Waals surface area (Å²) in [6, 6.07) is 6.09. The molecule has 2 aromatic rings. The van der Waals surface area contributed by atoms with Crippen LogP contribution in [0.1, 0.15) is 16.2 Å². The Balaban J connectivity index is 2.21. The number of aromatic nitrogens is 3. The van der Waals surface area contributed by atoms with Gasteiger partial charge in [-0.3, -0.25) is 8.89 Å². The maximum absolute atomic E-state index is 12.1. The minimum absolute atomic E-state index is 0.124. The maximum Gasteiger partial charge on any atom is 0.335 e. The van der Waals surface area contributed by atoms with Gasteiger partial charge in [-0.05, 0) is 18.2 Å². The van der Waals surface area contributed by atoms with Crippen LogP contribution in [0.25, 0.3) is 0 Å². The smallest absolute Gasteiger partial charge is 0.335 e. The van der Waals surface area contributed by atoms with Crippen LogP contribution in [0.3, 0.4) is 0 Å². The molecule has 1 atom stereocenters. The van der Waals surface area contributed by atoms with Gasteiger partial charge in [0.2, 0.25) is 0 Å². The molecule has 18 heavy (non-hydrogen) atoms. The summed E-state index contributed by atoms with van der Waals surface area (Å²) in [5.74, 6) is -0.235. The summed E-state index contributed by atoms with van der Waals surface area (Å²) < 4.78 is 13.6. The van der Waals surface area contributed by atoms with Gasteiger partial charge in [0.25, 0.3) is 0 Å². The lowest BCUT2D eigenvalue weighted by Crippen LogP contribution is -2.05. The third kappa shape index (κ3) is 2.62. The van der Waals surface area contributed by atoms with Crippen molar-refractivity contribution in [3.05, 3.63) is 42.0 Å². The summed E-state index contributed by atoms with van der Waals surface area (Å²) in [4.78, 5) is 15.3. The standard InChI is InChI=1S/C11H11N3O3S/c1-14-10(12-7-13-14)6-18(17)9-4-2-3-8(5-9)11(15)16/h2-5,7H,6H2,1H3,(H,15,16). The van der Waals surface area contributed by atoms with Crippen molar-refractivity contribution in [1.29, 1.82) is 0 Å². The Hall–Kier alpha value is -2.02. The number of carbonyl (C=O) groups is 1. The van der Waals surface area contributed by atoms with Gasteiger partial charge in [-0.1, -0.05) is 6.07 Å². The first kappa shape index (κ1) is 12.4. The van der Waals surface area contributed by atoms with Crippen molar-refractivity contribution in [2.45, 2.75) is 10.6 Å². The number of aryl methyl sites for hydroxylation is 1. The molecule has 0 aliphatic rings. The normalized spacial score (nSPS) is 12.3. The number of aromatic carboxylic acids is 1. The third-order valence-corrected chi connectivity index (χ3v) is 3.71. The van der Waals surface area contributed by atoms with E-state index in [4.69, 9.17) is 5.11 Å². The molecule has 0 saturated heterocycles. The van der Waals surface area contributed by atoms with Gasteiger partial charge in [0, 0.05) is 11.9 Å². The van der Waals surface area contributed by atoms with Crippen LogP contribution < -0.4 is 0 Å². The predicted molar refractivity (Wildman–Crippen MR) is 64.5 cm³/mol. The maximum atomic E-state index is 12.1. The molecule has 94 valence electrons. The summed E-state index contributed by atoms with van der Waals surface area (Å²) in [7, 11) is 0.379. The Labute approximate surface area is 106 Å². The van der Waals surface area contributed by atoms with Crippen molar-refractivity contribution in [2.24, 2.45) is 7.05 Å². The molecule has 0 radical (unpaired) electrons. The van der Waals surface area contributed by atoms with Crippen molar-refractivity contribution in [2.75, 3.05) is 0 Å². The van der Waals surface area contributed by atoms with Crippen molar-refractivity contribution in [3.63, 3.8) is 0 Å². The molecule has 7 heteroatoms. The van der Waals surface area contributed by atoms with Crippen LogP contribution in [-0.2, 0) is 23.6 Å². The van der Waals surface area contributed by atoms with E-state index in [0.717, 1.165) is 0 Å². The number of rotatable bonds is 4. The lowest BCUT2D eigenvalue weighted by Gasteiger charge is -2.03. The van der Waals surface area contributed by atoms with Gasteiger partial charge in [0.15, 0.2) is 0 Å². The second kappa shape index (κ2) is 5.09. The van der Waals surface area contributed by atoms with Gasteiger partial charge in [-0.25, -0.2) is 9.78 Å². The number of nitrogens with zero attached hydrogens (tertiary/aromatic N) is 3. The quantitative estimate of drug-likeness (QED) is 0.884. The second-order valence-corrected chi connectivity index (χ2v) is 5.07.